The summed E-state index contributed by atoms with van der Waals surface area (Å²) in [4.78, 5) is 4.37. The minimum atomic E-state index is 0. The largest absolute Gasteiger partial charge is 0.370 e. The predicted molar refractivity (Wildman–Crippen MR) is 113 cm³/mol. The van der Waals surface area contributed by atoms with Gasteiger partial charge in [-0.3, -0.25) is 4.68 Å². The number of hydrogen-bond donors (Lipinski definition) is 2. The van der Waals surface area contributed by atoms with E-state index >= 15 is 0 Å². The van der Waals surface area contributed by atoms with E-state index in [4.69, 9.17) is 5.73 Å². The maximum Gasteiger partial charge on any atom is 0.193 e. The lowest BCUT2D eigenvalue weighted by Crippen LogP contribution is -2.22. The molecule has 0 amide bonds. The minimum absolute atomic E-state index is 0. The third-order valence-electron chi connectivity index (χ3n) is 3.60. The Morgan fingerprint density at radius 3 is 2.68 bits per heavy atom. The average molecular weight is 447 g/mol. The van der Waals surface area contributed by atoms with Crippen LogP contribution in [-0.2, 0) is 13.1 Å². The van der Waals surface area contributed by atoms with E-state index in [1.807, 2.05) is 66.5 Å². The Kier molecular flexibility index (Phi) is 7.00. The van der Waals surface area contributed by atoms with E-state index in [2.05, 4.69) is 27.5 Å². The number of nitrogens with two attached hydrogens (primary N) is 1. The molecule has 1 aromatic heterocycles. The number of aromatic nitrogens is 2. The van der Waals surface area contributed by atoms with Crippen molar-refractivity contribution in [2.75, 3.05) is 5.32 Å². The third kappa shape index (κ3) is 5.90. The van der Waals surface area contributed by atoms with Crippen LogP contribution in [-0.4, -0.2) is 15.7 Å². The Balaban J connectivity index is 0.00000225. The molecular weight excluding hydrogens is 425 g/mol. The smallest absolute Gasteiger partial charge is 0.193 e. The van der Waals surface area contributed by atoms with Crippen LogP contribution in [0.3, 0.4) is 0 Å². The standard InChI is InChI=1S/C19H21N5.HI/c1-15-6-5-9-18(10-15)23-19(20)21-11-17-12-22-24(14-17)13-16-7-3-2-4-8-16;/h2-10,12,14H,11,13H2,1H3,(H3,20,21,23);1H. The van der Waals surface area contributed by atoms with Gasteiger partial charge in [0.15, 0.2) is 5.96 Å². The molecule has 0 radical (unpaired) electrons. The normalized spacial score (nSPS) is 11.0. The lowest BCUT2D eigenvalue weighted by atomic mass is 10.2. The molecule has 0 aliphatic rings. The van der Waals surface area contributed by atoms with Crippen molar-refractivity contribution < 1.29 is 0 Å². The Morgan fingerprint density at radius 2 is 1.92 bits per heavy atom. The quantitative estimate of drug-likeness (QED) is 0.356. The molecule has 2 aromatic carbocycles. The lowest BCUT2D eigenvalue weighted by molar-refractivity contribution is 0.686. The number of benzene rings is 2. The number of nitrogens with one attached hydrogen (secondary N) is 1. The Hall–Kier alpha value is -2.35. The highest BCUT2D eigenvalue weighted by Crippen LogP contribution is 2.09. The summed E-state index contributed by atoms with van der Waals surface area (Å²) in [6.07, 6.45) is 3.82. The molecule has 3 rings (SSSR count). The van der Waals surface area contributed by atoms with Crippen LogP contribution in [0.4, 0.5) is 5.69 Å². The van der Waals surface area contributed by atoms with Gasteiger partial charge in [0, 0.05) is 17.4 Å². The Labute approximate surface area is 165 Å². The second-order valence-electron chi connectivity index (χ2n) is 5.73. The summed E-state index contributed by atoms with van der Waals surface area (Å²) in [5.74, 6) is 0.399. The van der Waals surface area contributed by atoms with Gasteiger partial charge in [0.2, 0.25) is 0 Å². The first-order valence-electron chi connectivity index (χ1n) is 7.88. The fourth-order valence-electron chi connectivity index (χ4n) is 2.43. The molecule has 3 N–H and O–H groups in total. The number of nitrogens with zero attached hydrogens (tertiary/aromatic N) is 3. The van der Waals surface area contributed by atoms with Crippen LogP contribution >= 0.6 is 24.0 Å². The minimum Gasteiger partial charge on any atom is -0.370 e. The number of anilines is 1. The molecule has 0 spiro atoms. The first-order valence-corrected chi connectivity index (χ1v) is 7.88. The van der Waals surface area contributed by atoms with E-state index < -0.39 is 0 Å². The van der Waals surface area contributed by atoms with E-state index in [9.17, 15) is 0 Å². The topological polar surface area (TPSA) is 68.2 Å². The molecule has 5 nitrogen and oxygen atoms in total. The van der Waals surface area contributed by atoms with E-state index in [-0.39, 0.29) is 24.0 Å². The molecule has 1 heterocycles. The number of rotatable bonds is 5. The van der Waals surface area contributed by atoms with Crippen LogP contribution in [0.5, 0.6) is 0 Å². The van der Waals surface area contributed by atoms with E-state index in [1.54, 1.807) is 0 Å². The van der Waals surface area contributed by atoms with E-state index in [1.165, 1.54) is 11.1 Å². The molecule has 0 aliphatic carbocycles. The Morgan fingerprint density at radius 1 is 1.12 bits per heavy atom. The van der Waals surface area contributed by atoms with Crippen molar-refractivity contribution in [2.24, 2.45) is 10.7 Å². The van der Waals surface area contributed by atoms with Gasteiger partial charge in [-0.1, -0.05) is 42.5 Å². The zero-order valence-corrected chi connectivity index (χ0v) is 16.4. The molecule has 0 saturated heterocycles. The number of guanidine groups is 1. The molecule has 0 aliphatic heterocycles. The predicted octanol–water partition coefficient (Wildman–Crippen LogP) is 3.78. The van der Waals surface area contributed by atoms with Crippen molar-refractivity contribution in [3.63, 3.8) is 0 Å². The summed E-state index contributed by atoms with van der Waals surface area (Å²) in [7, 11) is 0. The van der Waals surface area contributed by atoms with Crippen molar-refractivity contribution in [3.8, 4) is 0 Å². The van der Waals surface area contributed by atoms with Gasteiger partial charge >= 0.3 is 0 Å². The van der Waals surface area contributed by atoms with Crippen LogP contribution < -0.4 is 11.1 Å². The highest BCUT2D eigenvalue weighted by molar-refractivity contribution is 14.0. The van der Waals surface area contributed by atoms with Gasteiger partial charge in [-0.05, 0) is 30.2 Å². The molecule has 0 bridgehead atoms. The molecule has 3 aromatic rings. The summed E-state index contributed by atoms with van der Waals surface area (Å²) in [5, 5.41) is 7.47. The van der Waals surface area contributed by atoms with Crippen molar-refractivity contribution in [1.82, 2.24) is 9.78 Å². The molecule has 0 saturated carbocycles. The molecule has 130 valence electrons. The molecule has 6 heteroatoms. The lowest BCUT2D eigenvalue weighted by Gasteiger charge is -2.05. The highest BCUT2D eigenvalue weighted by Gasteiger charge is 2.00. The van der Waals surface area contributed by atoms with Gasteiger partial charge in [0.1, 0.15) is 0 Å². The van der Waals surface area contributed by atoms with Gasteiger partial charge in [-0.15, -0.1) is 24.0 Å². The fraction of sp³-hybridized carbons (Fsp3) is 0.158. The summed E-state index contributed by atoms with van der Waals surface area (Å²) in [6, 6.07) is 18.3. The van der Waals surface area contributed by atoms with Crippen LogP contribution in [0.2, 0.25) is 0 Å². The zero-order valence-electron chi connectivity index (χ0n) is 14.1. The third-order valence-corrected chi connectivity index (χ3v) is 3.60. The van der Waals surface area contributed by atoms with Crippen LogP contribution in [0, 0.1) is 6.92 Å². The summed E-state index contributed by atoms with van der Waals surface area (Å²) < 4.78 is 1.91. The maximum absolute atomic E-state index is 5.95. The summed E-state index contributed by atoms with van der Waals surface area (Å²) >= 11 is 0. The molecule has 25 heavy (non-hydrogen) atoms. The van der Waals surface area contributed by atoms with Crippen LogP contribution in [0.1, 0.15) is 16.7 Å². The number of aryl methyl sites for hydroxylation is 1. The highest BCUT2D eigenvalue weighted by atomic mass is 127. The van der Waals surface area contributed by atoms with Crippen molar-refractivity contribution in [3.05, 3.63) is 83.7 Å². The molecule has 0 fully saturated rings. The van der Waals surface area contributed by atoms with Crippen LogP contribution in [0.15, 0.2) is 72.0 Å². The second-order valence-corrected chi connectivity index (χ2v) is 5.73. The molecule has 0 atom stereocenters. The number of hydrogen-bond acceptors (Lipinski definition) is 2. The summed E-state index contributed by atoms with van der Waals surface area (Å²) in [6.45, 7) is 3.29. The monoisotopic (exact) mass is 447 g/mol. The summed E-state index contributed by atoms with van der Waals surface area (Å²) in [5.41, 5.74) is 10.3. The number of halogens is 1. The van der Waals surface area contributed by atoms with E-state index in [0.29, 0.717) is 12.5 Å². The molecule has 0 unspecified atom stereocenters. The SMILES string of the molecule is Cc1cccc(NC(N)=NCc2cnn(Cc3ccccc3)c2)c1.I. The fourth-order valence-corrected chi connectivity index (χ4v) is 2.43. The van der Waals surface area contributed by atoms with Crippen molar-refractivity contribution in [2.45, 2.75) is 20.0 Å². The van der Waals surface area contributed by atoms with Gasteiger partial charge in [0.25, 0.3) is 0 Å². The van der Waals surface area contributed by atoms with Gasteiger partial charge in [0.05, 0.1) is 19.3 Å². The van der Waals surface area contributed by atoms with E-state index in [0.717, 1.165) is 17.8 Å². The first-order chi connectivity index (χ1) is 11.7. The first kappa shape index (κ1) is 19.0. The molecular formula is C19H22IN5. The van der Waals surface area contributed by atoms with Gasteiger partial charge in [-0.25, -0.2) is 4.99 Å². The number of aliphatic imine (C=N–C) groups is 1. The second kappa shape index (κ2) is 9.22. The van der Waals surface area contributed by atoms with Gasteiger partial charge < -0.3 is 11.1 Å². The maximum atomic E-state index is 5.95. The van der Waals surface area contributed by atoms with Crippen molar-refractivity contribution >= 4 is 35.6 Å². The van der Waals surface area contributed by atoms with Crippen molar-refractivity contribution in [1.29, 1.82) is 0 Å². The van der Waals surface area contributed by atoms with Gasteiger partial charge in [-0.2, -0.15) is 5.10 Å². The Bertz CT molecular complexity index is 827. The zero-order chi connectivity index (χ0) is 16.8. The van der Waals surface area contributed by atoms with Crippen LogP contribution in [0.25, 0.3) is 0 Å². The average Bonchev–Trinajstić information content (AvgIpc) is 3.01.